The molecule has 2 heterocycles. The van der Waals surface area contributed by atoms with Crippen LogP contribution in [0.2, 0.25) is 0 Å². The van der Waals surface area contributed by atoms with Gasteiger partial charge >= 0.3 is 0 Å². The Kier molecular flexibility index (Phi) is 3.50. The Morgan fingerprint density at radius 2 is 1.48 bits per heavy atom. The van der Waals surface area contributed by atoms with Crippen molar-refractivity contribution in [3.05, 3.63) is 90.1 Å². The van der Waals surface area contributed by atoms with Crippen molar-refractivity contribution in [2.24, 2.45) is 0 Å². The summed E-state index contributed by atoms with van der Waals surface area (Å²) in [6, 6.07) is 25.3. The summed E-state index contributed by atoms with van der Waals surface area (Å²) >= 11 is 0. The van der Waals surface area contributed by atoms with E-state index in [4.69, 9.17) is 14.7 Å². The van der Waals surface area contributed by atoms with Crippen LogP contribution in [0.3, 0.4) is 0 Å². The van der Waals surface area contributed by atoms with Crippen molar-refractivity contribution in [1.82, 2.24) is 9.97 Å². The predicted octanol–water partition coefficient (Wildman–Crippen LogP) is 4.52. The monoisotopic (exact) mass is 352 g/mol. The van der Waals surface area contributed by atoms with E-state index in [-0.39, 0.29) is 6.42 Å². The summed E-state index contributed by atoms with van der Waals surface area (Å²) in [6.45, 7) is 0. The highest BCUT2D eigenvalue weighted by molar-refractivity contribution is 5.82. The number of carbonyl (C=O) groups is 1. The number of para-hydroxylation sites is 3. The molecule has 0 radical (unpaired) electrons. The second-order valence-corrected chi connectivity index (χ2v) is 6.57. The first-order valence-electron chi connectivity index (χ1n) is 8.87. The molecular weight excluding hydrogens is 336 g/mol. The number of benzene rings is 3. The quantitative estimate of drug-likeness (QED) is 0.509. The smallest absolute Gasteiger partial charge is 0.184 e. The van der Waals surface area contributed by atoms with Gasteiger partial charge in [-0.1, -0.05) is 54.6 Å². The average Bonchev–Trinajstić information content (AvgIpc) is 2.73. The molecule has 4 nitrogen and oxygen atoms in total. The van der Waals surface area contributed by atoms with Crippen LogP contribution in [0.1, 0.15) is 17.7 Å². The fourth-order valence-corrected chi connectivity index (χ4v) is 3.73. The minimum absolute atomic E-state index is 0.158. The first-order valence-corrected chi connectivity index (χ1v) is 8.87. The van der Waals surface area contributed by atoms with Crippen LogP contribution in [-0.2, 0) is 10.4 Å². The Morgan fingerprint density at radius 1 is 0.815 bits per heavy atom. The van der Waals surface area contributed by atoms with Crippen LogP contribution in [0.25, 0.3) is 22.3 Å². The molecule has 0 unspecified atom stereocenters. The molecule has 27 heavy (non-hydrogen) atoms. The molecule has 0 saturated carbocycles. The summed E-state index contributed by atoms with van der Waals surface area (Å²) in [5, 5.41) is 0. The van der Waals surface area contributed by atoms with Gasteiger partial charge in [0.1, 0.15) is 23.4 Å². The number of ether oxygens (including phenoxy) is 1. The lowest BCUT2D eigenvalue weighted by molar-refractivity contribution is -0.110. The third-order valence-corrected chi connectivity index (χ3v) is 4.99. The van der Waals surface area contributed by atoms with Crippen LogP contribution in [0.5, 0.6) is 5.75 Å². The van der Waals surface area contributed by atoms with Gasteiger partial charge in [0.2, 0.25) is 0 Å². The van der Waals surface area contributed by atoms with Crippen LogP contribution in [0.15, 0.2) is 78.9 Å². The topological polar surface area (TPSA) is 52.1 Å². The number of carbonyl (C=O) groups excluding carboxylic acids is 1. The fourth-order valence-electron chi connectivity index (χ4n) is 3.73. The SMILES string of the molecule is O=CC[C@@]1(c2ccccc2)Oc2ccccc2-c2nc3ccccc3nc21. The summed E-state index contributed by atoms with van der Waals surface area (Å²) in [6.07, 6.45) is 1.05. The number of aromatic nitrogens is 2. The van der Waals surface area contributed by atoms with Crippen molar-refractivity contribution in [1.29, 1.82) is 0 Å². The van der Waals surface area contributed by atoms with E-state index < -0.39 is 5.60 Å². The Bertz CT molecular complexity index is 1160. The van der Waals surface area contributed by atoms with Crippen molar-refractivity contribution in [3.8, 4) is 17.0 Å². The van der Waals surface area contributed by atoms with E-state index in [1.54, 1.807) is 0 Å². The Morgan fingerprint density at radius 3 is 2.26 bits per heavy atom. The molecule has 1 atom stereocenters. The minimum Gasteiger partial charge on any atom is -0.475 e. The number of aldehydes is 1. The average molecular weight is 352 g/mol. The molecule has 3 aromatic carbocycles. The second-order valence-electron chi connectivity index (χ2n) is 6.57. The molecule has 4 heteroatoms. The second kappa shape index (κ2) is 6.02. The Hall–Kier alpha value is -3.53. The number of hydrogen-bond donors (Lipinski definition) is 0. The third kappa shape index (κ3) is 2.34. The molecule has 0 bridgehead atoms. The van der Waals surface area contributed by atoms with Gasteiger partial charge in [-0.25, -0.2) is 9.97 Å². The van der Waals surface area contributed by atoms with Gasteiger partial charge < -0.3 is 9.53 Å². The summed E-state index contributed by atoms with van der Waals surface area (Å²) in [5.41, 5.74) is 3.83. The van der Waals surface area contributed by atoms with Crippen molar-refractivity contribution >= 4 is 17.3 Å². The van der Waals surface area contributed by atoms with Crippen LogP contribution in [0, 0.1) is 0 Å². The number of rotatable bonds is 3. The maximum atomic E-state index is 11.7. The lowest BCUT2D eigenvalue weighted by atomic mass is 9.82. The molecule has 0 N–H and O–H groups in total. The maximum absolute atomic E-state index is 11.7. The largest absolute Gasteiger partial charge is 0.475 e. The van der Waals surface area contributed by atoms with E-state index in [2.05, 4.69) is 0 Å². The van der Waals surface area contributed by atoms with E-state index in [0.29, 0.717) is 11.4 Å². The molecule has 0 amide bonds. The van der Waals surface area contributed by atoms with Crippen molar-refractivity contribution in [3.63, 3.8) is 0 Å². The molecular formula is C23H16N2O2. The van der Waals surface area contributed by atoms with Crippen LogP contribution < -0.4 is 4.74 Å². The molecule has 1 aliphatic heterocycles. The predicted molar refractivity (Wildman–Crippen MR) is 104 cm³/mol. The molecule has 0 saturated heterocycles. The Labute approximate surface area is 156 Å². The Balaban J connectivity index is 1.90. The zero-order valence-corrected chi connectivity index (χ0v) is 14.5. The minimum atomic E-state index is -0.996. The van der Waals surface area contributed by atoms with E-state index in [1.807, 2.05) is 78.9 Å². The molecule has 0 spiro atoms. The highest BCUT2D eigenvalue weighted by Gasteiger charge is 2.44. The maximum Gasteiger partial charge on any atom is 0.184 e. The van der Waals surface area contributed by atoms with Gasteiger partial charge in [-0.05, 0) is 24.3 Å². The zero-order valence-electron chi connectivity index (χ0n) is 14.5. The van der Waals surface area contributed by atoms with Crippen LogP contribution in [-0.4, -0.2) is 16.3 Å². The van der Waals surface area contributed by atoms with Gasteiger partial charge in [-0.2, -0.15) is 0 Å². The van der Waals surface area contributed by atoms with Crippen LogP contribution in [0.4, 0.5) is 0 Å². The van der Waals surface area contributed by atoms with E-state index in [0.717, 1.165) is 34.1 Å². The number of fused-ring (bicyclic) bond motifs is 4. The van der Waals surface area contributed by atoms with Crippen molar-refractivity contribution in [2.45, 2.75) is 12.0 Å². The normalized spacial score (nSPS) is 17.6. The lowest BCUT2D eigenvalue weighted by Crippen LogP contribution is -2.39. The van der Waals surface area contributed by atoms with Gasteiger partial charge in [0.05, 0.1) is 17.5 Å². The molecule has 0 fully saturated rings. The number of hydrogen-bond acceptors (Lipinski definition) is 4. The first-order chi connectivity index (χ1) is 13.3. The van der Waals surface area contributed by atoms with E-state index >= 15 is 0 Å². The highest BCUT2D eigenvalue weighted by Crippen LogP contribution is 2.48. The molecule has 5 rings (SSSR count). The summed E-state index contributed by atoms with van der Waals surface area (Å²) < 4.78 is 6.49. The summed E-state index contributed by atoms with van der Waals surface area (Å²) in [4.78, 5) is 21.5. The highest BCUT2D eigenvalue weighted by atomic mass is 16.5. The van der Waals surface area contributed by atoms with Gasteiger partial charge in [0, 0.05) is 11.1 Å². The molecule has 1 aliphatic rings. The molecule has 0 aliphatic carbocycles. The van der Waals surface area contributed by atoms with Crippen molar-refractivity contribution < 1.29 is 9.53 Å². The lowest BCUT2D eigenvalue weighted by Gasteiger charge is -2.38. The number of nitrogens with zero attached hydrogens (tertiary/aromatic N) is 2. The van der Waals surface area contributed by atoms with Gasteiger partial charge in [0.15, 0.2) is 5.60 Å². The summed E-state index contributed by atoms with van der Waals surface area (Å²) in [7, 11) is 0. The van der Waals surface area contributed by atoms with E-state index in [9.17, 15) is 4.79 Å². The third-order valence-electron chi connectivity index (χ3n) is 4.99. The zero-order chi connectivity index (χ0) is 18.3. The van der Waals surface area contributed by atoms with Gasteiger partial charge in [-0.3, -0.25) is 0 Å². The molecule has 1 aromatic heterocycles. The summed E-state index contributed by atoms with van der Waals surface area (Å²) in [5.74, 6) is 0.709. The fraction of sp³-hybridized carbons (Fsp3) is 0.0870. The van der Waals surface area contributed by atoms with Gasteiger partial charge in [-0.15, -0.1) is 0 Å². The van der Waals surface area contributed by atoms with Gasteiger partial charge in [0.25, 0.3) is 0 Å². The van der Waals surface area contributed by atoms with E-state index in [1.165, 1.54) is 0 Å². The van der Waals surface area contributed by atoms with Crippen LogP contribution >= 0.6 is 0 Å². The van der Waals surface area contributed by atoms with Crippen molar-refractivity contribution in [2.75, 3.05) is 0 Å². The standard InChI is InChI=1S/C23H16N2O2/c26-15-14-23(16-8-2-1-3-9-16)22-21(17-10-4-7-13-20(17)27-23)24-18-11-5-6-12-19(18)25-22/h1-13,15H,14H2/t23-/m0/s1. The first kappa shape index (κ1) is 15.7. The molecule has 4 aromatic rings. The molecule has 130 valence electrons.